The van der Waals surface area contributed by atoms with Crippen LogP contribution >= 0.6 is 0 Å². The van der Waals surface area contributed by atoms with Crippen LogP contribution in [-0.4, -0.2) is 78.9 Å². The highest BCUT2D eigenvalue weighted by Crippen LogP contribution is 2.29. The summed E-state index contributed by atoms with van der Waals surface area (Å²) in [5.41, 5.74) is 0.182. The molecule has 1 aromatic rings. The lowest BCUT2D eigenvalue weighted by Gasteiger charge is -2.35. The van der Waals surface area contributed by atoms with Gasteiger partial charge in [-0.2, -0.15) is 0 Å². The fraction of sp³-hybridized carbons (Fsp3) is 0.625. The molecule has 0 radical (unpaired) electrons. The molecule has 2 amide bonds. The van der Waals surface area contributed by atoms with Crippen LogP contribution in [0.3, 0.4) is 0 Å². The predicted molar refractivity (Wildman–Crippen MR) is 122 cm³/mol. The fourth-order valence-electron chi connectivity index (χ4n) is 3.22. The highest BCUT2D eigenvalue weighted by molar-refractivity contribution is 5.78. The van der Waals surface area contributed by atoms with Crippen molar-refractivity contribution in [2.24, 2.45) is 0 Å². The lowest BCUT2D eigenvalue weighted by atomic mass is 10.1. The van der Waals surface area contributed by atoms with Crippen molar-refractivity contribution in [3.05, 3.63) is 23.8 Å². The van der Waals surface area contributed by atoms with Gasteiger partial charge in [-0.05, 0) is 59.2 Å². The number of ether oxygens (including phenoxy) is 4. The summed E-state index contributed by atoms with van der Waals surface area (Å²) in [6.07, 6.45) is -0.424. The van der Waals surface area contributed by atoms with Crippen molar-refractivity contribution in [1.82, 2.24) is 9.80 Å². The Morgan fingerprint density at radius 2 is 1.61 bits per heavy atom. The molecule has 184 valence electrons. The van der Waals surface area contributed by atoms with Crippen molar-refractivity contribution >= 4 is 18.0 Å². The summed E-state index contributed by atoms with van der Waals surface area (Å²) in [5.74, 6) is 0.404. The van der Waals surface area contributed by atoms with Gasteiger partial charge in [-0.1, -0.05) is 6.07 Å². The van der Waals surface area contributed by atoms with Gasteiger partial charge in [-0.3, -0.25) is 9.59 Å². The maximum atomic E-state index is 12.6. The molecule has 9 nitrogen and oxygen atoms in total. The zero-order chi connectivity index (χ0) is 24.6. The van der Waals surface area contributed by atoms with Gasteiger partial charge < -0.3 is 28.7 Å². The molecule has 2 rings (SSSR count). The first-order valence-corrected chi connectivity index (χ1v) is 11.3. The first-order valence-electron chi connectivity index (χ1n) is 11.3. The molecule has 1 aromatic carbocycles. The van der Waals surface area contributed by atoms with Crippen LogP contribution in [0.4, 0.5) is 4.79 Å². The Morgan fingerprint density at radius 3 is 2.18 bits per heavy atom. The maximum absolute atomic E-state index is 12.6. The van der Waals surface area contributed by atoms with E-state index in [-0.39, 0.29) is 37.1 Å². The van der Waals surface area contributed by atoms with Crippen LogP contribution in [0.15, 0.2) is 18.2 Å². The molecule has 1 heterocycles. The minimum Gasteiger partial charge on any atom is -0.490 e. The zero-order valence-corrected chi connectivity index (χ0v) is 20.5. The Labute approximate surface area is 195 Å². The van der Waals surface area contributed by atoms with E-state index in [9.17, 15) is 14.4 Å². The molecule has 0 bridgehead atoms. The summed E-state index contributed by atoms with van der Waals surface area (Å²) in [4.78, 5) is 40.0. The van der Waals surface area contributed by atoms with Crippen LogP contribution in [0.1, 0.15) is 47.1 Å². The van der Waals surface area contributed by atoms with Gasteiger partial charge in [-0.25, -0.2) is 4.79 Å². The van der Waals surface area contributed by atoms with Crippen molar-refractivity contribution in [3.63, 3.8) is 0 Å². The van der Waals surface area contributed by atoms with Gasteiger partial charge in [0.15, 0.2) is 18.1 Å². The van der Waals surface area contributed by atoms with Gasteiger partial charge in [0, 0.05) is 26.2 Å². The van der Waals surface area contributed by atoms with E-state index in [0.29, 0.717) is 44.3 Å². The third kappa shape index (κ3) is 8.82. The van der Waals surface area contributed by atoms with Gasteiger partial charge in [0.2, 0.25) is 0 Å². The van der Waals surface area contributed by atoms with Gasteiger partial charge in [0.05, 0.1) is 19.1 Å². The highest BCUT2D eigenvalue weighted by Gasteiger charge is 2.28. The largest absolute Gasteiger partial charge is 0.490 e. The molecule has 0 saturated carbocycles. The van der Waals surface area contributed by atoms with E-state index in [1.807, 2.05) is 27.7 Å². The van der Waals surface area contributed by atoms with Gasteiger partial charge >= 0.3 is 12.1 Å². The molecule has 9 heteroatoms. The van der Waals surface area contributed by atoms with Gasteiger partial charge in [0.25, 0.3) is 5.91 Å². The number of hydrogen-bond donors (Lipinski definition) is 0. The molecule has 1 fully saturated rings. The summed E-state index contributed by atoms with van der Waals surface area (Å²) in [6, 6.07) is 5.17. The van der Waals surface area contributed by atoms with E-state index in [1.54, 1.807) is 41.8 Å². The summed E-state index contributed by atoms with van der Waals surface area (Å²) in [7, 11) is 0. The summed E-state index contributed by atoms with van der Waals surface area (Å²) >= 11 is 0. The lowest BCUT2D eigenvalue weighted by Crippen LogP contribution is -2.52. The number of amides is 2. The van der Waals surface area contributed by atoms with Crippen LogP contribution in [-0.2, 0) is 25.5 Å². The molecule has 33 heavy (non-hydrogen) atoms. The monoisotopic (exact) mass is 464 g/mol. The second-order valence-corrected chi connectivity index (χ2v) is 9.07. The summed E-state index contributed by atoms with van der Waals surface area (Å²) in [5, 5.41) is 0. The number of benzene rings is 1. The Kier molecular flexibility index (Phi) is 9.37. The quantitative estimate of drug-likeness (QED) is 0.546. The maximum Gasteiger partial charge on any atom is 0.410 e. The molecule has 1 saturated heterocycles. The van der Waals surface area contributed by atoms with Crippen LogP contribution in [0, 0.1) is 0 Å². The van der Waals surface area contributed by atoms with Gasteiger partial charge in [-0.15, -0.1) is 0 Å². The predicted octanol–water partition coefficient (Wildman–Crippen LogP) is 3.04. The van der Waals surface area contributed by atoms with Crippen molar-refractivity contribution in [1.29, 1.82) is 0 Å². The normalized spacial score (nSPS) is 14.2. The van der Waals surface area contributed by atoms with E-state index in [1.165, 1.54) is 0 Å². The smallest absolute Gasteiger partial charge is 0.410 e. The molecule has 0 atom stereocenters. The summed E-state index contributed by atoms with van der Waals surface area (Å²) in [6.45, 7) is 12.8. The Morgan fingerprint density at radius 1 is 0.970 bits per heavy atom. The molecule has 0 N–H and O–H groups in total. The van der Waals surface area contributed by atoms with Crippen molar-refractivity contribution in [2.75, 3.05) is 39.4 Å². The number of hydrogen-bond acceptors (Lipinski definition) is 7. The summed E-state index contributed by atoms with van der Waals surface area (Å²) < 4.78 is 21.9. The van der Waals surface area contributed by atoms with Crippen LogP contribution in [0.5, 0.6) is 11.5 Å². The molecular weight excluding hydrogens is 428 g/mol. The van der Waals surface area contributed by atoms with Crippen molar-refractivity contribution in [3.8, 4) is 11.5 Å². The Balaban J connectivity index is 1.90. The number of carbonyl (C=O) groups is 3. The first kappa shape index (κ1) is 26.3. The highest BCUT2D eigenvalue weighted by atomic mass is 16.6. The second-order valence-electron chi connectivity index (χ2n) is 9.07. The topological polar surface area (TPSA) is 94.6 Å². The van der Waals surface area contributed by atoms with Crippen LogP contribution in [0.2, 0.25) is 0 Å². The Hall–Kier alpha value is -2.97. The number of nitrogens with zero attached hydrogens (tertiary/aromatic N) is 2. The van der Waals surface area contributed by atoms with E-state index in [0.717, 1.165) is 5.56 Å². The number of esters is 1. The molecule has 0 aliphatic carbocycles. The standard InChI is InChI=1S/C24H36N2O7/c1-7-30-20-14-18(15-22(28)32-17(2)3)8-9-19(20)31-16-21(27)25-10-12-26(13-11-25)23(29)33-24(4,5)6/h8-9,14,17H,7,10-13,15-16H2,1-6H3. The second kappa shape index (κ2) is 11.8. The van der Waals surface area contributed by atoms with E-state index in [4.69, 9.17) is 18.9 Å². The molecule has 1 aliphatic rings. The average Bonchev–Trinajstić information content (AvgIpc) is 2.71. The molecule has 0 aromatic heterocycles. The fourth-order valence-corrected chi connectivity index (χ4v) is 3.22. The number of carbonyl (C=O) groups excluding carboxylic acids is 3. The van der Waals surface area contributed by atoms with E-state index < -0.39 is 5.60 Å². The van der Waals surface area contributed by atoms with Crippen molar-refractivity contribution < 1.29 is 33.3 Å². The van der Waals surface area contributed by atoms with Gasteiger partial charge in [0.1, 0.15) is 5.60 Å². The molecule has 0 spiro atoms. The molecule has 0 unspecified atom stereocenters. The molecular formula is C24H36N2O7. The minimum absolute atomic E-state index is 0.124. The zero-order valence-electron chi connectivity index (χ0n) is 20.5. The van der Waals surface area contributed by atoms with E-state index in [2.05, 4.69) is 0 Å². The van der Waals surface area contributed by atoms with Crippen LogP contribution in [0.25, 0.3) is 0 Å². The van der Waals surface area contributed by atoms with Crippen molar-refractivity contribution in [2.45, 2.75) is 59.7 Å². The van der Waals surface area contributed by atoms with E-state index >= 15 is 0 Å². The molecule has 1 aliphatic heterocycles. The Bertz CT molecular complexity index is 825. The lowest BCUT2D eigenvalue weighted by molar-refractivity contribution is -0.146. The van der Waals surface area contributed by atoms with Crippen LogP contribution < -0.4 is 9.47 Å². The third-order valence-electron chi connectivity index (χ3n) is 4.66. The SMILES string of the molecule is CCOc1cc(CC(=O)OC(C)C)ccc1OCC(=O)N1CCN(C(=O)OC(C)(C)C)CC1. The first-order chi connectivity index (χ1) is 15.5. The minimum atomic E-state index is -0.555. The number of rotatable bonds is 8. The third-order valence-corrected chi connectivity index (χ3v) is 4.66. The number of piperazine rings is 1. The average molecular weight is 465 g/mol.